The fourth-order valence-electron chi connectivity index (χ4n) is 3.00. The van der Waals surface area contributed by atoms with E-state index < -0.39 is 0 Å². The largest absolute Gasteiger partial charge is 0.393 e. The average molecular weight is 340 g/mol. The zero-order chi connectivity index (χ0) is 16.7. The van der Waals surface area contributed by atoms with E-state index in [1.54, 1.807) is 0 Å². The normalized spacial score (nSPS) is 21.6. The molecule has 0 bridgehead atoms. The van der Waals surface area contributed by atoms with Gasteiger partial charge in [0.1, 0.15) is 5.01 Å². The molecule has 7 heteroatoms. The van der Waals surface area contributed by atoms with Crippen LogP contribution in [-0.2, 0) is 11.2 Å². The third kappa shape index (κ3) is 6.16. The lowest BCUT2D eigenvalue weighted by molar-refractivity contribution is -0.117. The summed E-state index contributed by atoms with van der Waals surface area (Å²) in [5.41, 5.74) is 0. The molecule has 1 aliphatic rings. The van der Waals surface area contributed by atoms with Gasteiger partial charge in [0.15, 0.2) is 0 Å². The van der Waals surface area contributed by atoms with Gasteiger partial charge < -0.3 is 5.11 Å². The predicted molar refractivity (Wildman–Crippen MR) is 92.6 cm³/mol. The van der Waals surface area contributed by atoms with Gasteiger partial charge in [0.2, 0.25) is 11.0 Å². The molecule has 130 valence electrons. The van der Waals surface area contributed by atoms with Gasteiger partial charge in [0, 0.05) is 13.0 Å². The molecule has 6 nitrogen and oxygen atoms in total. The van der Waals surface area contributed by atoms with Crippen molar-refractivity contribution in [2.24, 2.45) is 5.92 Å². The molecule has 2 rings (SSSR count). The molecule has 1 aromatic heterocycles. The summed E-state index contributed by atoms with van der Waals surface area (Å²) in [6.07, 6.45) is 7.13. The lowest BCUT2D eigenvalue weighted by Gasteiger charge is -2.30. The molecule has 1 saturated carbocycles. The molecule has 1 fully saturated rings. The highest BCUT2D eigenvalue weighted by Gasteiger charge is 2.24. The summed E-state index contributed by atoms with van der Waals surface area (Å²) in [5.74, 6) is 0.208. The second kappa shape index (κ2) is 9.30. The minimum Gasteiger partial charge on any atom is -0.393 e. The van der Waals surface area contributed by atoms with Gasteiger partial charge in [-0.15, -0.1) is 10.2 Å². The van der Waals surface area contributed by atoms with Gasteiger partial charge in [-0.25, -0.2) is 0 Å². The smallest absolute Gasteiger partial charge is 0.240 e. The van der Waals surface area contributed by atoms with Crippen molar-refractivity contribution in [1.29, 1.82) is 0 Å². The molecule has 2 N–H and O–H groups in total. The number of carbonyl (C=O) groups is 1. The molecule has 1 heterocycles. The first-order chi connectivity index (χ1) is 11.1. The van der Waals surface area contributed by atoms with Crippen LogP contribution in [0.4, 0.5) is 5.13 Å². The Hall–Kier alpha value is -1.05. The Morgan fingerprint density at radius 3 is 2.91 bits per heavy atom. The minimum atomic E-state index is -0.224. The Bertz CT molecular complexity index is 494. The van der Waals surface area contributed by atoms with Crippen molar-refractivity contribution in [3.63, 3.8) is 0 Å². The molecule has 0 aliphatic heterocycles. The van der Waals surface area contributed by atoms with E-state index >= 15 is 0 Å². The lowest BCUT2D eigenvalue weighted by Crippen LogP contribution is -2.38. The molecular weight excluding hydrogens is 312 g/mol. The van der Waals surface area contributed by atoms with Gasteiger partial charge in [-0.2, -0.15) is 0 Å². The summed E-state index contributed by atoms with van der Waals surface area (Å²) in [7, 11) is 1.92. The fraction of sp³-hybridized carbons (Fsp3) is 0.812. The number of aliphatic hydroxyl groups excluding tert-OH is 1. The predicted octanol–water partition coefficient (Wildman–Crippen LogP) is 2.30. The van der Waals surface area contributed by atoms with Gasteiger partial charge in [0.25, 0.3) is 0 Å². The van der Waals surface area contributed by atoms with Crippen LogP contribution < -0.4 is 5.32 Å². The number of nitrogens with one attached hydrogen (secondary N) is 1. The number of rotatable bonds is 8. The highest BCUT2D eigenvalue weighted by Crippen LogP contribution is 2.24. The number of amides is 1. The average Bonchev–Trinajstić information content (AvgIpc) is 2.94. The van der Waals surface area contributed by atoms with Crippen LogP contribution in [0.15, 0.2) is 0 Å². The summed E-state index contributed by atoms with van der Waals surface area (Å²) < 4.78 is 0. The maximum Gasteiger partial charge on any atom is 0.240 e. The third-order valence-corrected chi connectivity index (χ3v) is 5.18. The van der Waals surface area contributed by atoms with Crippen LogP contribution in [0.1, 0.15) is 50.5 Å². The number of hydrogen-bond donors (Lipinski definition) is 2. The van der Waals surface area contributed by atoms with E-state index in [0.29, 0.717) is 11.7 Å². The molecule has 0 radical (unpaired) electrons. The SMILES string of the molecule is CCCCc1nnc(NC(=O)CN(C)CC2CCCCC2O)s1. The molecule has 0 saturated heterocycles. The van der Waals surface area contributed by atoms with E-state index in [1.165, 1.54) is 17.8 Å². The summed E-state index contributed by atoms with van der Waals surface area (Å²) in [4.78, 5) is 14.1. The van der Waals surface area contributed by atoms with E-state index in [4.69, 9.17) is 0 Å². The number of unbranched alkanes of at least 4 members (excludes halogenated alkanes) is 1. The van der Waals surface area contributed by atoms with Crippen LogP contribution in [0.5, 0.6) is 0 Å². The first-order valence-corrected chi connectivity index (χ1v) is 9.39. The quantitative estimate of drug-likeness (QED) is 0.759. The van der Waals surface area contributed by atoms with Crippen molar-refractivity contribution in [3.05, 3.63) is 5.01 Å². The highest BCUT2D eigenvalue weighted by molar-refractivity contribution is 7.15. The Morgan fingerprint density at radius 2 is 2.17 bits per heavy atom. The number of aromatic nitrogens is 2. The number of likely N-dealkylation sites (N-methyl/N-ethyl adjacent to an activating group) is 1. The third-order valence-electron chi connectivity index (χ3n) is 4.29. The van der Waals surface area contributed by atoms with E-state index in [9.17, 15) is 9.90 Å². The van der Waals surface area contributed by atoms with Crippen LogP contribution in [-0.4, -0.2) is 52.4 Å². The van der Waals surface area contributed by atoms with Crippen LogP contribution in [0.3, 0.4) is 0 Å². The molecule has 0 spiro atoms. The Morgan fingerprint density at radius 1 is 1.39 bits per heavy atom. The first-order valence-electron chi connectivity index (χ1n) is 8.57. The van der Waals surface area contributed by atoms with E-state index in [2.05, 4.69) is 22.4 Å². The summed E-state index contributed by atoms with van der Waals surface area (Å²) in [6, 6.07) is 0. The number of nitrogens with zero attached hydrogens (tertiary/aromatic N) is 3. The number of anilines is 1. The van der Waals surface area contributed by atoms with Crippen molar-refractivity contribution in [2.75, 3.05) is 25.5 Å². The van der Waals surface area contributed by atoms with Crippen molar-refractivity contribution >= 4 is 22.4 Å². The van der Waals surface area contributed by atoms with Gasteiger partial charge in [-0.1, -0.05) is 37.5 Å². The van der Waals surface area contributed by atoms with E-state index in [0.717, 1.165) is 50.1 Å². The van der Waals surface area contributed by atoms with Gasteiger partial charge in [0.05, 0.1) is 12.6 Å². The Kier molecular flexibility index (Phi) is 7.39. The number of hydrogen-bond acceptors (Lipinski definition) is 6. The fourth-order valence-corrected chi connectivity index (χ4v) is 3.80. The molecule has 1 aliphatic carbocycles. The zero-order valence-corrected chi connectivity index (χ0v) is 14.9. The van der Waals surface area contributed by atoms with Gasteiger partial charge in [-0.3, -0.25) is 15.0 Å². The topological polar surface area (TPSA) is 78.4 Å². The van der Waals surface area contributed by atoms with Crippen LogP contribution in [0, 0.1) is 5.92 Å². The summed E-state index contributed by atoms with van der Waals surface area (Å²) in [5, 5.41) is 22.5. The number of aliphatic hydroxyl groups is 1. The Balaban J connectivity index is 1.74. The molecule has 2 unspecified atom stereocenters. The van der Waals surface area contributed by atoms with Gasteiger partial charge in [-0.05, 0) is 32.2 Å². The molecule has 2 atom stereocenters. The van der Waals surface area contributed by atoms with Crippen LogP contribution in [0.25, 0.3) is 0 Å². The van der Waals surface area contributed by atoms with Crippen molar-refractivity contribution in [1.82, 2.24) is 15.1 Å². The summed E-state index contributed by atoms with van der Waals surface area (Å²) in [6.45, 7) is 3.21. The maximum absolute atomic E-state index is 12.1. The standard InChI is InChI=1S/C16H28N4O2S/c1-3-4-9-15-18-19-16(23-15)17-14(22)11-20(2)10-12-7-5-6-8-13(12)21/h12-13,21H,3-11H2,1-2H3,(H,17,19,22). The summed E-state index contributed by atoms with van der Waals surface area (Å²) >= 11 is 1.45. The molecule has 1 aromatic rings. The minimum absolute atomic E-state index is 0.0732. The van der Waals surface area contributed by atoms with Crippen molar-refractivity contribution < 1.29 is 9.90 Å². The van der Waals surface area contributed by atoms with Crippen LogP contribution >= 0.6 is 11.3 Å². The molecule has 0 aromatic carbocycles. The lowest BCUT2D eigenvalue weighted by atomic mass is 9.86. The second-order valence-electron chi connectivity index (χ2n) is 6.46. The van der Waals surface area contributed by atoms with Crippen LogP contribution in [0.2, 0.25) is 0 Å². The monoisotopic (exact) mass is 340 g/mol. The van der Waals surface area contributed by atoms with Gasteiger partial charge >= 0.3 is 0 Å². The molecular formula is C16H28N4O2S. The molecule has 1 amide bonds. The second-order valence-corrected chi connectivity index (χ2v) is 7.52. The van der Waals surface area contributed by atoms with E-state index in [1.807, 2.05) is 11.9 Å². The first kappa shape index (κ1) is 18.3. The molecule has 23 heavy (non-hydrogen) atoms. The van der Waals surface area contributed by atoms with Crippen molar-refractivity contribution in [2.45, 2.75) is 58.0 Å². The van der Waals surface area contributed by atoms with Crippen molar-refractivity contribution in [3.8, 4) is 0 Å². The van der Waals surface area contributed by atoms with E-state index in [-0.39, 0.29) is 17.9 Å². The number of aryl methyl sites for hydroxylation is 1. The number of carbonyl (C=O) groups excluding carboxylic acids is 1. The maximum atomic E-state index is 12.1. The zero-order valence-electron chi connectivity index (χ0n) is 14.1. The Labute approximate surface area is 142 Å². The highest BCUT2D eigenvalue weighted by atomic mass is 32.1.